The van der Waals surface area contributed by atoms with E-state index in [9.17, 15) is 4.79 Å². The van der Waals surface area contributed by atoms with Gasteiger partial charge in [0, 0.05) is 13.1 Å². The molecule has 5 nitrogen and oxygen atoms in total. The van der Waals surface area contributed by atoms with E-state index in [0.717, 1.165) is 5.69 Å². The number of aromatic nitrogens is 2. The number of carboxylic acids is 1. The number of hydrogen-bond donors (Lipinski definition) is 1. The number of carboxylic acid groups (broad SMARTS) is 1. The second-order valence-corrected chi connectivity index (χ2v) is 3.68. The first kappa shape index (κ1) is 11.2. The molecule has 1 heterocycles. The van der Waals surface area contributed by atoms with E-state index in [2.05, 4.69) is 5.10 Å². The van der Waals surface area contributed by atoms with Crippen molar-refractivity contribution in [3.63, 3.8) is 0 Å². The van der Waals surface area contributed by atoms with Gasteiger partial charge in [0.05, 0.1) is 11.3 Å². The molecule has 0 amide bonds. The third-order valence-electron chi connectivity index (χ3n) is 2.28. The molecule has 0 aliphatic heterocycles. The molecule has 0 saturated heterocycles. The topological polar surface area (TPSA) is 64.3 Å². The lowest BCUT2D eigenvalue weighted by molar-refractivity contribution is 0.0697. The predicted molar refractivity (Wildman–Crippen MR) is 61.4 cm³/mol. The van der Waals surface area contributed by atoms with Crippen molar-refractivity contribution in [3.05, 3.63) is 41.6 Å². The Morgan fingerprint density at radius 3 is 2.47 bits per heavy atom. The molecule has 0 unspecified atom stereocenters. The van der Waals surface area contributed by atoms with Crippen LogP contribution in [0.3, 0.4) is 0 Å². The molecule has 0 saturated carbocycles. The molecule has 0 fully saturated rings. The van der Waals surface area contributed by atoms with Crippen LogP contribution in [0, 0.1) is 6.92 Å². The molecule has 1 aromatic heterocycles. The molecular weight excluding hydrogens is 220 g/mol. The standard InChI is InChI=1S/C12H12N2O3/c1-8-7-11(14(2)13-8)17-10-5-3-9(4-6-10)12(15)16/h3-7H,1-2H3,(H,15,16). The molecule has 0 atom stereocenters. The number of carbonyl (C=O) groups is 1. The van der Waals surface area contributed by atoms with Crippen LogP contribution in [0.5, 0.6) is 11.6 Å². The van der Waals surface area contributed by atoms with E-state index >= 15 is 0 Å². The second kappa shape index (κ2) is 4.29. The number of ether oxygens (including phenoxy) is 1. The predicted octanol–water partition coefficient (Wildman–Crippen LogP) is 2.22. The van der Waals surface area contributed by atoms with E-state index in [-0.39, 0.29) is 5.56 Å². The summed E-state index contributed by atoms with van der Waals surface area (Å²) in [6.45, 7) is 1.88. The van der Waals surface area contributed by atoms with Crippen molar-refractivity contribution in [3.8, 4) is 11.6 Å². The molecule has 0 spiro atoms. The van der Waals surface area contributed by atoms with Crippen molar-refractivity contribution in [1.29, 1.82) is 0 Å². The first-order chi connectivity index (χ1) is 8.06. The molecule has 5 heteroatoms. The van der Waals surface area contributed by atoms with Crippen LogP contribution in [0.2, 0.25) is 0 Å². The summed E-state index contributed by atoms with van der Waals surface area (Å²) in [4.78, 5) is 10.7. The smallest absolute Gasteiger partial charge is 0.335 e. The van der Waals surface area contributed by atoms with E-state index in [1.165, 1.54) is 12.1 Å². The van der Waals surface area contributed by atoms with Gasteiger partial charge in [-0.25, -0.2) is 9.48 Å². The Balaban J connectivity index is 2.19. The fourth-order valence-corrected chi connectivity index (χ4v) is 1.47. The molecule has 1 N–H and O–H groups in total. The van der Waals surface area contributed by atoms with Gasteiger partial charge in [-0.1, -0.05) is 0 Å². The minimum atomic E-state index is -0.951. The summed E-state index contributed by atoms with van der Waals surface area (Å²) < 4.78 is 7.20. The fraction of sp³-hybridized carbons (Fsp3) is 0.167. The highest BCUT2D eigenvalue weighted by atomic mass is 16.5. The lowest BCUT2D eigenvalue weighted by Crippen LogP contribution is -1.97. The number of benzene rings is 1. The fourth-order valence-electron chi connectivity index (χ4n) is 1.47. The van der Waals surface area contributed by atoms with Crippen molar-refractivity contribution >= 4 is 5.97 Å². The Morgan fingerprint density at radius 1 is 1.35 bits per heavy atom. The minimum absolute atomic E-state index is 0.235. The average molecular weight is 232 g/mol. The summed E-state index contributed by atoms with van der Waals surface area (Å²) in [6.07, 6.45) is 0. The molecule has 0 aliphatic rings. The number of aromatic carboxylic acids is 1. The van der Waals surface area contributed by atoms with Crippen LogP contribution < -0.4 is 4.74 Å². The summed E-state index contributed by atoms with van der Waals surface area (Å²) in [7, 11) is 1.79. The van der Waals surface area contributed by atoms with Crippen LogP contribution in [0.15, 0.2) is 30.3 Å². The van der Waals surface area contributed by atoms with Gasteiger partial charge < -0.3 is 9.84 Å². The third kappa shape index (κ3) is 2.44. The molecule has 0 aliphatic carbocycles. The summed E-state index contributed by atoms with van der Waals surface area (Å²) in [5.41, 5.74) is 1.10. The summed E-state index contributed by atoms with van der Waals surface area (Å²) >= 11 is 0. The van der Waals surface area contributed by atoms with Gasteiger partial charge in [-0.15, -0.1) is 0 Å². The Kier molecular flexibility index (Phi) is 2.82. The number of rotatable bonds is 3. The van der Waals surface area contributed by atoms with Crippen molar-refractivity contribution in [2.75, 3.05) is 0 Å². The first-order valence-electron chi connectivity index (χ1n) is 5.08. The molecule has 17 heavy (non-hydrogen) atoms. The van der Waals surface area contributed by atoms with E-state index in [4.69, 9.17) is 9.84 Å². The van der Waals surface area contributed by atoms with E-state index in [1.54, 1.807) is 23.9 Å². The lowest BCUT2D eigenvalue weighted by atomic mass is 10.2. The highest BCUT2D eigenvalue weighted by molar-refractivity contribution is 5.87. The normalized spacial score (nSPS) is 10.2. The van der Waals surface area contributed by atoms with Crippen LogP contribution in [-0.2, 0) is 7.05 Å². The number of aryl methyl sites for hydroxylation is 2. The van der Waals surface area contributed by atoms with Crippen LogP contribution >= 0.6 is 0 Å². The van der Waals surface area contributed by atoms with Gasteiger partial charge in [0.1, 0.15) is 5.75 Å². The molecular formula is C12H12N2O3. The van der Waals surface area contributed by atoms with Crippen LogP contribution in [0.25, 0.3) is 0 Å². The van der Waals surface area contributed by atoms with Crippen LogP contribution in [-0.4, -0.2) is 20.9 Å². The molecule has 2 rings (SSSR count). The second-order valence-electron chi connectivity index (χ2n) is 3.68. The first-order valence-corrected chi connectivity index (χ1v) is 5.08. The summed E-state index contributed by atoms with van der Waals surface area (Å²) in [5.74, 6) is 0.247. The van der Waals surface area contributed by atoms with Crippen LogP contribution in [0.1, 0.15) is 16.1 Å². The number of nitrogens with zero attached hydrogens (tertiary/aromatic N) is 2. The average Bonchev–Trinajstić information content (AvgIpc) is 2.58. The van der Waals surface area contributed by atoms with Crippen molar-refractivity contribution in [2.24, 2.45) is 7.05 Å². The van der Waals surface area contributed by atoms with Gasteiger partial charge >= 0.3 is 5.97 Å². The van der Waals surface area contributed by atoms with Crippen molar-refractivity contribution < 1.29 is 14.6 Å². The van der Waals surface area contributed by atoms with Crippen LogP contribution in [0.4, 0.5) is 0 Å². The summed E-state index contributed by atoms with van der Waals surface area (Å²) in [6, 6.07) is 8.05. The Labute approximate surface area is 98.3 Å². The van der Waals surface area contributed by atoms with E-state index in [0.29, 0.717) is 11.6 Å². The van der Waals surface area contributed by atoms with Gasteiger partial charge in [0.2, 0.25) is 5.88 Å². The van der Waals surface area contributed by atoms with Gasteiger partial charge in [-0.05, 0) is 31.2 Å². The Hall–Kier alpha value is -2.30. The largest absolute Gasteiger partial charge is 0.478 e. The highest BCUT2D eigenvalue weighted by Crippen LogP contribution is 2.21. The zero-order valence-electron chi connectivity index (χ0n) is 9.54. The van der Waals surface area contributed by atoms with Crippen molar-refractivity contribution in [2.45, 2.75) is 6.92 Å². The maximum absolute atomic E-state index is 10.7. The minimum Gasteiger partial charge on any atom is -0.478 e. The van der Waals surface area contributed by atoms with Gasteiger partial charge in [0.25, 0.3) is 0 Å². The molecule has 0 radical (unpaired) electrons. The van der Waals surface area contributed by atoms with Gasteiger partial charge in [-0.3, -0.25) is 0 Å². The zero-order chi connectivity index (χ0) is 12.4. The molecule has 0 bridgehead atoms. The SMILES string of the molecule is Cc1cc(Oc2ccc(C(=O)O)cc2)n(C)n1. The molecule has 1 aromatic carbocycles. The monoisotopic (exact) mass is 232 g/mol. The quantitative estimate of drug-likeness (QED) is 0.881. The van der Waals surface area contributed by atoms with E-state index < -0.39 is 5.97 Å². The molecule has 88 valence electrons. The Bertz CT molecular complexity index is 543. The van der Waals surface area contributed by atoms with Crippen molar-refractivity contribution in [1.82, 2.24) is 9.78 Å². The highest BCUT2D eigenvalue weighted by Gasteiger charge is 2.06. The maximum Gasteiger partial charge on any atom is 0.335 e. The zero-order valence-corrected chi connectivity index (χ0v) is 9.54. The summed E-state index contributed by atoms with van der Waals surface area (Å²) in [5, 5.41) is 12.9. The number of hydrogen-bond acceptors (Lipinski definition) is 3. The van der Waals surface area contributed by atoms with Gasteiger partial charge in [-0.2, -0.15) is 5.10 Å². The van der Waals surface area contributed by atoms with Gasteiger partial charge in [0.15, 0.2) is 0 Å². The third-order valence-corrected chi connectivity index (χ3v) is 2.28. The lowest BCUT2D eigenvalue weighted by Gasteiger charge is -2.05. The van der Waals surface area contributed by atoms with E-state index in [1.807, 2.05) is 13.0 Å². The maximum atomic E-state index is 10.7. The molecule has 2 aromatic rings. The Morgan fingerprint density at radius 2 is 2.00 bits per heavy atom.